The van der Waals surface area contributed by atoms with Gasteiger partial charge in [0.2, 0.25) is 0 Å². The summed E-state index contributed by atoms with van der Waals surface area (Å²) in [6.07, 6.45) is 6.63. The second kappa shape index (κ2) is 15.3. The van der Waals surface area contributed by atoms with E-state index in [1.807, 2.05) is 18.3 Å². The van der Waals surface area contributed by atoms with Crippen LogP contribution in [-0.2, 0) is 6.42 Å². The van der Waals surface area contributed by atoms with Gasteiger partial charge in [0.25, 0.3) is 6.33 Å². The van der Waals surface area contributed by atoms with E-state index in [0.717, 1.165) is 84.8 Å². The van der Waals surface area contributed by atoms with Gasteiger partial charge in [-0.3, -0.25) is 13.7 Å². The number of fused-ring (bicyclic) bond motifs is 4. The van der Waals surface area contributed by atoms with Crippen LogP contribution in [0.1, 0.15) is 12.5 Å². The van der Waals surface area contributed by atoms with Crippen molar-refractivity contribution in [2.24, 2.45) is 0 Å². The molecule has 0 N–H and O–H groups in total. The summed E-state index contributed by atoms with van der Waals surface area (Å²) in [5.41, 5.74) is 14.4. The second-order valence-corrected chi connectivity index (χ2v) is 15.3. The summed E-state index contributed by atoms with van der Waals surface area (Å²) in [5.74, 6) is 2.35. The Morgan fingerprint density at radius 2 is 1.18 bits per heavy atom. The van der Waals surface area contributed by atoms with E-state index >= 15 is 0 Å². The molecule has 0 aliphatic carbocycles. The van der Waals surface area contributed by atoms with Crippen molar-refractivity contribution in [1.82, 2.24) is 14.1 Å². The molecular weight excluding hydrogens is 745 g/mol. The molecule has 11 rings (SSSR count). The van der Waals surface area contributed by atoms with Crippen molar-refractivity contribution >= 4 is 32.8 Å². The summed E-state index contributed by atoms with van der Waals surface area (Å²) in [6, 6.07) is 72.4. The zero-order chi connectivity index (χ0) is 40.7. The summed E-state index contributed by atoms with van der Waals surface area (Å²) in [6.45, 7) is 2.18. The van der Waals surface area contributed by atoms with Gasteiger partial charge in [-0.1, -0.05) is 153 Å². The molecular formula is C56H40N4O. The van der Waals surface area contributed by atoms with Gasteiger partial charge in [0.05, 0.1) is 33.4 Å². The van der Waals surface area contributed by atoms with Crippen LogP contribution < -0.4 is 9.30 Å². The number of rotatable bonds is 9. The molecule has 0 saturated heterocycles. The first-order chi connectivity index (χ1) is 30.2. The van der Waals surface area contributed by atoms with E-state index in [0.29, 0.717) is 0 Å². The predicted octanol–water partition coefficient (Wildman–Crippen LogP) is 13.6. The molecule has 5 heteroatoms. The monoisotopic (exact) mass is 784 g/mol. The number of pyridine rings is 1. The lowest BCUT2D eigenvalue weighted by Gasteiger charge is -2.17. The molecule has 5 nitrogen and oxygen atoms in total. The minimum Gasteiger partial charge on any atom is -0.458 e. The largest absolute Gasteiger partial charge is 0.458 e. The fourth-order valence-corrected chi connectivity index (χ4v) is 8.65. The smallest absolute Gasteiger partial charge is 0.269 e. The number of benzene rings is 8. The molecule has 0 radical (unpaired) electrons. The van der Waals surface area contributed by atoms with Crippen LogP contribution in [-0.4, -0.2) is 14.1 Å². The van der Waals surface area contributed by atoms with Crippen LogP contribution in [0.25, 0.3) is 83.4 Å². The number of hydrogen-bond acceptors (Lipinski definition) is 2. The van der Waals surface area contributed by atoms with Gasteiger partial charge >= 0.3 is 0 Å². The predicted molar refractivity (Wildman–Crippen MR) is 248 cm³/mol. The maximum atomic E-state index is 6.76. The molecule has 0 atom stereocenters. The Bertz CT molecular complexity index is 3310. The van der Waals surface area contributed by atoms with Gasteiger partial charge in [-0.2, -0.15) is 0 Å². The van der Waals surface area contributed by atoms with E-state index in [1.165, 1.54) is 22.1 Å². The third kappa shape index (κ3) is 6.53. The normalized spacial score (nSPS) is 11.4. The molecule has 0 bridgehead atoms. The van der Waals surface area contributed by atoms with Gasteiger partial charge in [0, 0.05) is 23.0 Å². The van der Waals surface area contributed by atoms with Crippen molar-refractivity contribution in [2.45, 2.75) is 13.3 Å². The molecule has 290 valence electrons. The van der Waals surface area contributed by atoms with Crippen LogP contribution in [0.4, 0.5) is 0 Å². The van der Waals surface area contributed by atoms with Gasteiger partial charge < -0.3 is 4.74 Å². The van der Waals surface area contributed by atoms with Crippen molar-refractivity contribution in [1.29, 1.82) is 0 Å². The standard InChI is InChI=1S/C56H40N4O/c1-2-39-32-33-57-55(34-39)60-51-31-28-43(40-16-6-3-7-17-40)35-50(51)49-30-29-46(37-54(49)60)61-45-23-14-22-44(36-45)58-38-59(53-27-13-12-26-52(53)58)56-47(41-18-8-4-9-19-41)24-15-25-48(56)42-20-10-5-11-21-42/h3-37H,2H2,1H3. The highest BCUT2D eigenvalue weighted by Gasteiger charge is 2.20. The van der Waals surface area contributed by atoms with E-state index in [4.69, 9.17) is 9.72 Å². The van der Waals surface area contributed by atoms with Crippen molar-refractivity contribution in [3.05, 3.63) is 224 Å². The zero-order valence-corrected chi connectivity index (χ0v) is 33.6. The van der Waals surface area contributed by atoms with E-state index in [-0.39, 0.29) is 0 Å². The molecule has 3 heterocycles. The number of hydrogen-bond donors (Lipinski definition) is 0. The maximum absolute atomic E-state index is 6.76. The summed E-state index contributed by atoms with van der Waals surface area (Å²) in [4.78, 5) is 4.88. The van der Waals surface area contributed by atoms with Crippen LogP contribution in [0.2, 0.25) is 0 Å². The summed E-state index contributed by atoms with van der Waals surface area (Å²) in [7, 11) is 0. The highest BCUT2D eigenvalue weighted by Crippen LogP contribution is 2.38. The summed E-state index contributed by atoms with van der Waals surface area (Å²) < 4.78 is 13.4. The molecule has 61 heavy (non-hydrogen) atoms. The lowest BCUT2D eigenvalue weighted by atomic mass is 9.95. The van der Waals surface area contributed by atoms with Gasteiger partial charge in [0.15, 0.2) is 0 Å². The van der Waals surface area contributed by atoms with E-state index in [1.54, 1.807) is 0 Å². The first-order valence-corrected chi connectivity index (χ1v) is 20.8. The third-order valence-electron chi connectivity index (χ3n) is 11.6. The Hall–Kier alpha value is -8.02. The lowest BCUT2D eigenvalue weighted by Crippen LogP contribution is -2.31. The van der Waals surface area contributed by atoms with Crippen LogP contribution in [0, 0.1) is 6.33 Å². The number of imidazole rings is 1. The van der Waals surface area contributed by atoms with Gasteiger partial charge in [-0.15, -0.1) is 0 Å². The van der Waals surface area contributed by atoms with Crippen LogP contribution in [0.15, 0.2) is 212 Å². The first-order valence-electron chi connectivity index (χ1n) is 20.8. The molecule has 0 aliphatic rings. The minimum absolute atomic E-state index is 0.726. The average Bonchev–Trinajstić information content (AvgIpc) is 3.88. The zero-order valence-electron chi connectivity index (χ0n) is 33.6. The molecule has 8 aromatic carbocycles. The summed E-state index contributed by atoms with van der Waals surface area (Å²) in [5, 5.41) is 2.31. The van der Waals surface area contributed by atoms with Gasteiger partial charge in [0.1, 0.15) is 17.3 Å². The number of aromatic nitrogens is 4. The Labute approximate surface area is 354 Å². The molecule has 0 saturated carbocycles. The van der Waals surface area contributed by atoms with Crippen LogP contribution >= 0.6 is 0 Å². The number of nitrogens with zero attached hydrogens (tertiary/aromatic N) is 4. The fraction of sp³-hybridized carbons (Fsp3) is 0.0357. The molecule has 0 spiro atoms. The maximum Gasteiger partial charge on any atom is 0.269 e. The number of aryl methyl sites for hydroxylation is 1. The van der Waals surface area contributed by atoms with E-state index in [9.17, 15) is 0 Å². The molecule has 3 aromatic heterocycles. The Kier molecular flexibility index (Phi) is 9.05. The molecule has 0 aliphatic heterocycles. The highest BCUT2D eigenvalue weighted by molar-refractivity contribution is 6.10. The first kappa shape index (κ1) is 36.1. The molecule has 11 aromatic rings. The quantitative estimate of drug-likeness (QED) is 0.108. The lowest BCUT2D eigenvalue weighted by molar-refractivity contribution is -0.571. The molecule has 0 unspecified atom stereocenters. The Balaban J connectivity index is 1.02. The third-order valence-corrected chi connectivity index (χ3v) is 11.6. The van der Waals surface area contributed by atoms with Crippen LogP contribution in [0.5, 0.6) is 11.5 Å². The topological polar surface area (TPSA) is 35.9 Å². The van der Waals surface area contributed by atoms with Gasteiger partial charge in [-0.05, 0) is 100.0 Å². The SMILES string of the molecule is CCc1ccnc(-n2c3ccc(-c4ccccc4)cc3c3ccc(Oc4cccc(-n5[c-][n+](-c6c(-c7ccccc7)cccc6-c6ccccc6)c6ccccc65)c4)cc32)c1. The molecule has 0 fully saturated rings. The van der Waals surface area contributed by atoms with E-state index in [2.05, 4.69) is 221 Å². The number of para-hydroxylation sites is 3. The number of ether oxygens (including phenoxy) is 1. The Morgan fingerprint density at radius 1 is 0.508 bits per heavy atom. The second-order valence-electron chi connectivity index (χ2n) is 15.3. The van der Waals surface area contributed by atoms with E-state index < -0.39 is 0 Å². The van der Waals surface area contributed by atoms with Crippen molar-refractivity contribution in [3.63, 3.8) is 0 Å². The highest BCUT2D eigenvalue weighted by atomic mass is 16.5. The fourth-order valence-electron chi connectivity index (χ4n) is 8.65. The van der Waals surface area contributed by atoms with Crippen LogP contribution in [0.3, 0.4) is 0 Å². The summed E-state index contributed by atoms with van der Waals surface area (Å²) >= 11 is 0. The Morgan fingerprint density at radius 3 is 1.92 bits per heavy atom. The molecule has 0 amide bonds. The van der Waals surface area contributed by atoms with Gasteiger partial charge in [-0.25, -0.2) is 4.98 Å². The minimum atomic E-state index is 0.726. The van der Waals surface area contributed by atoms with Crippen molar-refractivity contribution in [2.75, 3.05) is 0 Å². The average molecular weight is 785 g/mol. The van der Waals surface area contributed by atoms with Crippen molar-refractivity contribution in [3.8, 4) is 62.1 Å². The van der Waals surface area contributed by atoms with Crippen molar-refractivity contribution < 1.29 is 9.30 Å².